The van der Waals surface area contributed by atoms with Crippen molar-refractivity contribution in [3.8, 4) is 11.1 Å². The first-order chi connectivity index (χ1) is 8.08. The van der Waals surface area contributed by atoms with E-state index in [1.807, 2.05) is 0 Å². The smallest absolute Gasteiger partial charge is 0.258 e. The molecule has 0 radical (unpaired) electrons. The minimum atomic E-state index is -0.513. The average molecular weight is 252 g/mol. The Morgan fingerprint density at radius 1 is 1.12 bits per heavy atom. The predicted octanol–water partition coefficient (Wildman–Crippen LogP) is 4.05. The van der Waals surface area contributed by atoms with Crippen molar-refractivity contribution in [1.82, 2.24) is 0 Å². The molecule has 0 saturated heterocycles. The molecule has 0 spiro atoms. The van der Waals surface area contributed by atoms with Crippen LogP contribution in [0.15, 0.2) is 42.5 Å². The number of rotatable bonds is 2. The van der Waals surface area contributed by atoms with Gasteiger partial charge in [-0.3, -0.25) is 10.1 Å². The van der Waals surface area contributed by atoms with Crippen molar-refractivity contribution in [2.24, 2.45) is 0 Å². The van der Waals surface area contributed by atoms with Gasteiger partial charge in [0.1, 0.15) is 5.82 Å². The first kappa shape index (κ1) is 11.5. The summed E-state index contributed by atoms with van der Waals surface area (Å²) in [6.45, 7) is 0. The van der Waals surface area contributed by atoms with Crippen molar-refractivity contribution in [2.75, 3.05) is 0 Å². The molecule has 0 bridgehead atoms. The van der Waals surface area contributed by atoms with E-state index in [0.29, 0.717) is 11.1 Å². The van der Waals surface area contributed by atoms with Gasteiger partial charge >= 0.3 is 0 Å². The summed E-state index contributed by atoms with van der Waals surface area (Å²) >= 11 is 5.66. The summed E-state index contributed by atoms with van der Waals surface area (Å²) in [5.41, 5.74) is 1.25. The molecule has 0 aliphatic rings. The number of hydrogen-bond acceptors (Lipinski definition) is 2. The maximum Gasteiger partial charge on any atom is 0.270 e. The average Bonchev–Trinajstić information content (AvgIpc) is 2.33. The number of non-ortho nitro benzene ring substituents is 1. The molecule has 0 amide bonds. The molecule has 0 saturated carbocycles. The maximum atomic E-state index is 13.0. The van der Waals surface area contributed by atoms with E-state index in [2.05, 4.69) is 0 Å². The molecule has 0 atom stereocenters. The highest BCUT2D eigenvalue weighted by molar-refractivity contribution is 6.31. The second-order valence-corrected chi connectivity index (χ2v) is 3.84. The third-order valence-electron chi connectivity index (χ3n) is 2.31. The van der Waals surface area contributed by atoms with Crippen LogP contribution in [0.3, 0.4) is 0 Å². The molecule has 17 heavy (non-hydrogen) atoms. The van der Waals surface area contributed by atoms with Gasteiger partial charge in [0.25, 0.3) is 5.69 Å². The Balaban J connectivity index is 2.49. The van der Waals surface area contributed by atoms with Crippen LogP contribution in [0.4, 0.5) is 10.1 Å². The Bertz CT molecular complexity index is 586. The van der Waals surface area contributed by atoms with Gasteiger partial charge in [0.15, 0.2) is 0 Å². The van der Waals surface area contributed by atoms with E-state index in [0.717, 1.165) is 0 Å². The molecule has 0 unspecified atom stereocenters. The van der Waals surface area contributed by atoms with Crippen molar-refractivity contribution in [1.29, 1.82) is 0 Å². The molecule has 0 aliphatic heterocycles. The summed E-state index contributed by atoms with van der Waals surface area (Å²) in [6.07, 6.45) is 0. The fourth-order valence-electron chi connectivity index (χ4n) is 1.47. The molecule has 3 nitrogen and oxygen atoms in total. The summed E-state index contributed by atoms with van der Waals surface area (Å²) in [6, 6.07) is 10.3. The summed E-state index contributed by atoms with van der Waals surface area (Å²) in [7, 11) is 0. The largest absolute Gasteiger partial charge is 0.270 e. The molecule has 2 rings (SSSR count). The first-order valence-electron chi connectivity index (χ1n) is 4.78. The van der Waals surface area contributed by atoms with E-state index in [1.54, 1.807) is 12.1 Å². The molecule has 0 aliphatic carbocycles. The Morgan fingerprint density at radius 2 is 1.82 bits per heavy atom. The standard InChI is InChI=1S/C12H7ClFNO2/c13-11-7-9(4-5-12(11)14)8-2-1-3-10(6-8)15(16)17/h1-7H. The number of nitro groups is 1. The number of halogens is 2. The van der Waals surface area contributed by atoms with Gasteiger partial charge in [-0.15, -0.1) is 0 Å². The van der Waals surface area contributed by atoms with Crippen LogP contribution in [-0.4, -0.2) is 4.92 Å². The van der Waals surface area contributed by atoms with Crippen LogP contribution < -0.4 is 0 Å². The van der Waals surface area contributed by atoms with Gasteiger partial charge in [0.2, 0.25) is 0 Å². The topological polar surface area (TPSA) is 43.1 Å². The number of nitrogens with zero attached hydrogens (tertiary/aromatic N) is 1. The molecular weight excluding hydrogens is 245 g/mol. The maximum absolute atomic E-state index is 13.0. The Hall–Kier alpha value is -1.94. The molecule has 2 aromatic carbocycles. The highest BCUT2D eigenvalue weighted by Crippen LogP contribution is 2.27. The molecule has 2 aromatic rings. The number of hydrogen-bond donors (Lipinski definition) is 0. The van der Waals surface area contributed by atoms with Gasteiger partial charge in [0, 0.05) is 12.1 Å². The lowest BCUT2D eigenvalue weighted by molar-refractivity contribution is -0.384. The zero-order valence-electron chi connectivity index (χ0n) is 8.56. The molecule has 0 N–H and O–H groups in total. The second kappa shape index (κ2) is 4.51. The van der Waals surface area contributed by atoms with Crippen LogP contribution in [0.5, 0.6) is 0 Å². The van der Waals surface area contributed by atoms with Crippen LogP contribution >= 0.6 is 11.6 Å². The van der Waals surface area contributed by atoms with E-state index in [4.69, 9.17) is 11.6 Å². The Kier molecular flexibility index (Phi) is 3.06. The number of nitro benzene ring substituents is 1. The van der Waals surface area contributed by atoms with Gasteiger partial charge in [-0.25, -0.2) is 4.39 Å². The van der Waals surface area contributed by atoms with Crippen molar-refractivity contribution >= 4 is 17.3 Å². The van der Waals surface area contributed by atoms with Crippen molar-refractivity contribution < 1.29 is 9.31 Å². The van der Waals surface area contributed by atoms with Crippen LogP contribution in [0.25, 0.3) is 11.1 Å². The summed E-state index contributed by atoms with van der Waals surface area (Å²) in [4.78, 5) is 10.1. The van der Waals surface area contributed by atoms with Crippen LogP contribution in [0.1, 0.15) is 0 Å². The van der Waals surface area contributed by atoms with Crippen molar-refractivity contribution in [3.05, 3.63) is 63.4 Å². The third kappa shape index (κ3) is 2.42. The lowest BCUT2D eigenvalue weighted by atomic mass is 10.1. The molecule has 0 heterocycles. The third-order valence-corrected chi connectivity index (χ3v) is 2.60. The first-order valence-corrected chi connectivity index (χ1v) is 5.15. The fourth-order valence-corrected chi connectivity index (χ4v) is 1.66. The summed E-state index contributed by atoms with van der Waals surface area (Å²) in [5.74, 6) is -0.513. The molecule has 86 valence electrons. The molecule has 5 heteroatoms. The van der Waals surface area contributed by atoms with Gasteiger partial charge in [-0.1, -0.05) is 29.8 Å². The SMILES string of the molecule is O=[N+]([O-])c1cccc(-c2ccc(F)c(Cl)c2)c1. The lowest BCUT2D eigenvalue weighted by Gasteiger charge is -2.02. The quantitative estimate of drug-likeness (QED) is 0.597. The minimum Gasteiger partial charge on any atom is -0.258 e. The van der Waals surface area contributed by atoms with Crippen LogP contribution in [-0.2, 0) is 0 Å². The molecular formula is C12H7ClFNO2. The summed E-state index contributed by atoms with van der Waals surface area (Å²) < 4.78 is 13.0. The van der Waals surface area contributed by atoms with Gasteiger partial charge in [-0.2, -0.15) is 0 Å². The number of benzene rings is 2. The Labute approximate surface area is 102 Å². The Morgan fingerprint density at radius 3 is 2.47 bits per heavy atom. The van der Waals surface area contributed by atoms with E-state index in [1.165, 1.54) is 30.3 Å². The van der Waals surface area contributed by atoms with Gasteiger partial charge in [-0.05, 0) is 23.3 Å². The molecule has 0 fully saturated rings. The fraction of sp³-hybridized carbons (Fsp3) is 0. The predicted molar refractivity (Wildman–Crippen MR) is 63.5 cm³/mol. The van der Waals surface area contributed by atoms with Crippen molar-refractivity contribution in [3.63, 3.8) is 0 Å². The minimum absolute atomic E-state index is 0.00555. The highest BCUT2D eigenvalue weighted by Gasteiger charge is 2.08. The highest BCUT2D eigenvalue weighted by atomic mass is 35.5. The van der Waals surface area contributed by atoms with E-state index >= 15 is 0 Å². The van der Waals surface area contributed by atoms with Crippen LogP contribution in [0.2, 0.25) is 5.02 Å². The van der Waals surface area contributed by atoms with E-state index in [-0.39, 0.29) is 10.7 Å². The zero-order valence-corrected chi connectivity index (χ0v) is 9.32. The normalized spacial score (nSPS) is 10.2. The molecule has 0 aromatic heterocycles. The van der Waals surface area contributed by atoms with Crippen molar-refractivity contribution in [2.45, 2.75) is 0 Å². The second-order valence-electron chi connectivity index (χ2n) is 3.44. The van der Waals surface area contributed by atoms with E-state index in [9.17, 15) is 14.5 Å². The lowest BCUT2D eigenvalue weighted by Crippen LogP contribution is -1.88. The monoisotopic (exact) mass is 251 g/mol. The van der Waals surface area contributed by atoms with E-state index < -0.39 is 10.7 Å². The summed E-state index contributed by atoms with van der Waals surface area (Å²) in [5, 5.41) is 10.6. The zero-order chi connectivity index (χ0) is 12.4. The van der Waals surface area contributed by atoms with Gasteiger partial charge < -0.3 is 0 Å². The van der Waals surface area contributed by atoms with Gasteiger partial charge in [0.05, 0.1) is 9.95 Å². The van der Waals surface area contributed by atoms with Crippen LogP contribution in [0, 0.1) is 15.9 Å².